The normalized spacial score (nSPS) is 10.4. The lowest BCUT2D eigenvalue weighted by molar-refractivity contribution is 0.414. The van der Waals surface area contributed by atoms with E-state index in [1.807, 2.05) is 31.2 Å². The average molecular weight is 287 g/mol. The van der Waals surface area contributed by atoms with E-state index in [9.17, 15) is 4.79 Å². The third-order valence-electron chi connectivity index (χ3n) is 3.24. The summed E-state index contributed by atoms with van der Waals surface area (Å²) in [5, 5.41) is 3.11. The van der Waals surface area contributed by atoms with E-state index in [1.54, 1.807) is 24.1 Å². The van der Waals surface area contributed by atoms with Gasteiger partial charge in [0.1, 0.15) is 5.75 Å². The molecule has 0 unspecified atom stereocenters. The van der Waals surface area contributed by atoms with Gasteiger partial charge in [-0.1, -0.05) is 19.1 Å². The molecule has 0 radical (unpaired) electrons. The first-order valence-electron chi connectivity index (χ1n) is 7.17. The van der Waals surface area contributed by atoms with E-state index in [2.05, 4.69) is 10.3 Å². The molecule has 1 aromatic heterocycles. The van der Waals surface area contributed by atoms with E-state index in [1.165, 1.54) is 5.56 Å². The Labute approximate surface area is 124 Å². The lowest BCUT2D eigenvalue weighted by atomic mass is 10.1. The van der Waals surface area contributed by atoms with Gasteiger partial charge < -0.3 is 14.6 Å². The molecule has 0 bridgehead atoms. The van der Waals surface area contributed by atoms with Crippen molar-refractivity contribution in [2.24, 2.45) is 0 Å². The van der Waals surface area contributed by atoms with Crippen LogP contribution in [0.25, 0.3) is 0 Å². The third kappa shape index (κ3) is 4.08. The Morgan fingerprint density at radius 2 is 2.05 bits per heavy atom. The summed E-state index contributed by atoms with van der Waals surface area (Å²) in [5.41, 5.74) is 1.13. The van der Waals surface area contributed by atoms with Crippen LogP contribution in [0.4, 0.5) is 5.82 Å². The molecule has 0 aliphatic heterocycles. The number of aromatic nitrogens is 2. The van der Waals surface area contributed by atoms with Gasteiger partial charge in [0.15, 0.2) is 5.82 Å². The molecule has 1 heterocycles. The van der Waals surface area contributed by atoms with Crippen molar-refractivity contribution in [2.75, 3.05) is 19.0 Å². The first-order valence-corrected chi connectivity index (χ1v) is 7.17. The van der Waals surface area contributed by atoms with Crippen molar-refractivity contribution in [3.63, 3.8) is 0 Å². The molecule has 0 spiro atoms. The van der Waals surface area contributed by atoms with Gasteiger partial charge in [-0.3, -0.25) is 4.79 Å². The maximum Gasteiger partial charge on any atom is 0.293 e. The predicted octanol–water partition coefficient (Wildman–Crippen LogP) is 2.32. The number of anilines is 1. The van der Waals surface area contributed by atoms with Crippen molar-refractivity contribution >= 4 is 5.82 Å². The molecule has 0 saturated carbocycles. The molecule has 0 fully saturated rings. The van der Waals surface area contributed by atoms with Crippen LogP contribution in [-0.2, 0) is 13.0 Å². The highest BCUT2D eigenvalue weighted by atomic mass is 16.5. The van der Waals surface area contributed by atoms with E-state index < -0.39 is 0 Å². The lowest BCUT2D eigenvalue weighted by Crippen LogP contribution is -2.25. The number of ether oxygens (including phenoxy) is 1. The Kier molecular flexibility index (Phi) is 5.37. The fourth-order valence-corrected chi connectivity index (χ4v) is 2.10. The molecule has 0 amide bonds. The zero-order valence-corrected chi connectivity index (χ0v) is 12.5. The maximum absolute atomic E-state index is 12.1. The Morgan fingerprint density at radius 1 is 1.29 bits per heavy atom. The first-order chi connectivity index (χ1) is 10.2. The van der Waals surface area contributed by atoms with E-state index in [-0.39, 0.29) is 5.56 Å². The zero-order chi connectivity index (χ0) is 15.1. The van der Waals surface area contributed by atoms with Crippen molar-refractivity contribution in [1.29, 1.82) is 0 Å². The Balaban J connectivity index is 1.93. The quantitative estimate of drug-likeness (QED) is 0.849. The molecule has 0 atom stereocenters. The highest BCUT2D eigenvalue weighted by molar-refractivity contribution is 5.32. The minimum atomic E-state index is -0.0610. The first kappa shape index (κ1) is 15.1. The highest BCUT2D eigenvalue weighted by Crippen LogP contribution is 2.11. The van der Waals surface area contributed by atoms with Crippen LogP contribution in [0.1, 0.15) is 18.9 Å². The summed E-state index contributed by atoms with van der Waals surface area (Å²) in [4.78, 5) is 16.2. The van der Waals surface area contributed by atoms with Gasteiger partial charge in [0.25, 0.3) is 5.56 Å². The number of hydrogen-bond donors (Lipinski definition) is 1. The predicted molar refractivity (Wildman–Crippen MR) is 84.0 cm³/mol. The molecular weight excluding hydrogens is 266 g/mol. The summed E-state index contributed by atoms with van der Waals surface area (Å²) >= 11 is 0. The number of benzene rings is 1. The minimum absolute atomic E-state index is 0.0610. The van der Waals surface area contributed by atoms with Crippen molar-refractivity contribution in [2.45, 2.75) is 26.3 Å². The largest absolute Gasteiger partial charge is 0.497 e. The summed E-state index contributed by atoms with van der Waals surface area (Å²) in [6, 6.07) is 7.91. The van der Waals surface area contributed by atoms with Crippen molar-refractivity contribution in [1.82, 2.24) is 9.55 Å². The van der Waals surface area contributed by atoms with Gasteiger partial charge in [0.2, 0.25) is 0 Å². The molecule has 1 aromatic carbocycles. The maximum atomic E-state index is 12.1. The van der Waals surface area contributed by atoms with Crippen LogP contribution in [0.3, 0.4) is 0 Å². The summed E-state index contributed by atoms with van der Waals surface area (Å²) in [7, 11) is 1.65. The highest BCUT2D eigenvalue weighted by Gasteiger charge is 2.03. The fraction of sp³-hybridized carbons (Fsp3) is 0.375. The second-order valence-corrected chi connectivity index (χ2v) is 4.80. The van der Waals surface area contributed by atoms with Gasteiger partial charge in [0, 0.05) is 25.5 Å². The molecule has 0 aliphatic rings. The Morgan fingerprint density at radius 3 is 2.71 bits per heavy atom. The molecule has 0 saturated heterocycles. The van der Waals surface area contributed by atoms with Gasteiger partial charge in [0.05, 0.1) is 7.11 Å². The molecule has 2 rings (SSSR count). The molecule has 21 heavy (non-hydrogen) atoms. The van der Waals surface area contributed by atoms with Gasteiger partial charge >= 0.3 is 0 Å². The van der Waals surface area contributed by atoms with Crippen LogP contribution in [0, 0.1) is 0 Å². The number of nitrogens with zero attached hydrogens (tertiary/aromatic N) is 2. The topological polar surface area (TPSA) is 56.1 Å². The van der Waals surface area contributed by atoms with Gasteiger partial charge in [-0.2, -0.15) is 0 Å². The summed E-state index contributed by atoms with van der Waals surface area (Å²) in [6.45, 7) is 3.43. The molecule has 1 N–H and O–H groups in total. The molecule has 112 valence electrons. The number of methoxy groups -OCH3 is 1. The second kappa shape index (κ2) is 7.47. The number of nitrogens with one attached hydrogen (secondary N) is 1. The molecule has 0 aliphatic carbocycles. The molecule has 5 nitrogen and oxygen atoms in total. The third-order valence-corrected chi connectivity index (χ3v) is 3.24. The van der Waals surface area contributed by atoms with Crippen molar-refractivity contribution in [3.8, 4) is 5.75 Å². The van der Waals surface area contributed by atoms with Crippen LogP contribution in [-0.4, -0.2) is 23.2 Å². The van der Waals surface area contributed by atoms with Gasteiger partial charge in [-0.15, -0.1) is 0 Å². The number of aryl methyl sites for hydroxylation is 1. The SMILES string of the molecule is CCCn1ccnc(NCCc2ccc(OC)cc2)c1=O. The fourth-order valence-electron chi connectivity index (χ4n) is 2.10. The van der Waals surface area contributed by atoms with Crippen LogP contribution in [0.2, 0.25) is 0 Å². The van der Waals surface area contributed by atoms with Crippen molar-refractivity contribution < 1.29 is 4.74 Å². The molecule has 2 aromatic rings. The van der Waals surface area contributed by atoms with Crippen LogP contribution >= 0.6 is 0 Å². The lowest BCUT2D eigenvalue weighted by Gasteiger charge is -2.08. The van der Waals surface area contributed by atoms with Crippen LogP contribution < -0.4 is 15.6 Å². The average Bonchev–Trinajstić information content (AvgIpc) is 2.52. The zero-order valence-electron chi connectivity index (χ0n) is 12.5. The smallest absolute Gasteiger partial charge is 0.293 e. The minimum Gasteiger partial charge on any atom is -0.497 e. The molecular formula is C16H21N3O2. The number of rotatable bonds is 7. The summed E-state index contributed by atoms with van der Waals surface area (Å²) < 4.78 is 6.81. The van der Waals surface area contributed by atoms with E-state index in [4.69, 9.17) is 4.74 Å². The summed E-state index contributed by atoms with van der Waals surface area (Å²) in [5.74, 6) is 1.26. The van der Waals surface area contributed by atoms with Crippen molar-refractivity contribution in [3.05, 3.63) is 52.6 Å². The molecule has 5 heteroatoms. The van der Waals surface area contributed by atoms with Crippen LogP contribution in [0.15, 0.2) is 41.5 Å². The summed E-state index contributed by atoms with van der Waals surface area (Å²) in [6.07, 6.45) is 5.14. The Bertz CT molecular complexity index is 620. The second-order valence-electron chi connectivity index (χ2n) is 4.80. The standard InChI is InChI=1S/C16H21N3O2/c1-3-11-19-12-10-18-15(16(19)20)17-9-8-13-4-6-14(21-2)7-5-13/h4-7,10,12H,3,8-9,11H2,1-2H3,(H,17,18). The van der Waals surface area contributed by atoms with Crippen LogP contribution in [0.5, 0.6) is 5.75 Å². The van der Waals surface area contributed by atoms with Gasteiger partial charge in [-0.05, 0) is 30.5 Å². The monoisotopic (exact) mass is 287 g/mol. The Hall–Kier alpha value is -2.30. The van der Waals surface area contributed by atoms with E-state index >= 15 is 0 Å². The van der Waals surface area contributed by atoms with E-state index in [0.717, 1.165) is 18.6 Å². The van der Waals surface area contributed by atoms with E-state index in [0.29, 0.717) is 18.9 Å². The van der Waals surface area contributed by atoms with Gasteiger partial charge in [-0.25, -0.2) is 4.98 Å². The number of hydrogen-bond acceptors (Lipinski definition) is 4.